The summed E-state index contributed by atoms with van der Waals surface area (Å²) in [5.41, 5.74) is 1.31. The van der Waals surface area contributed by atoms with Crippen LogP contribution in [0.2, 0.25) is 0 Å². The number of carbonyl (C=O) groups is 1. The van der Waals surface area contributed by atoms with Gasteiger partial charge in [-0.2, -0.15) is 4.72 Å². The van der Waals surface area contributed by atoms with Crippen LogP contribution >= 0.6 is 0 Å². The van der Waals surface area contributed by atoms with Gasteiger partial charge >= 0.3 is 5.97 Å². The van der Waals surface area contributed by atoms with E-state index in [1.165, 1.54) is 30.3 Å². The molecule has 222 valence electrons. The molecule has 0 saturated carbocycles. The Labute approximate surface area is 235 Å². The molecular formula is C26H38N4O8S2. The van der Waals surface area contributed by atoms with Gasteiger partial charge in [0.25, 0.3) is 0 Å². The first-order valence-corrected chi connectivity index (χ1v) is 16.3. The van der Waals surface area contributed by atoms with Crippen LogP contribution in [0.4, 0.5) is 11.4 Å². The second kappa shape index (κ2) is 13.2. The van der Waals surface area contributed by atoms with Crippen molar-refractivity contribution < 1.29 is 36.9 Å². The number of hydrogen-bond donors (Lipinski definition) is 6. The topological polar surface area (TPSA) is 185 Å². The van der Waals surface area contributed by atoms with Crippen molar-refractivity contribution in [2.45, 2.75) is 56.2 Å². The number of rotatable bonds is 13. The molecule has 1 aliphatic rings. The van der Waals surface area contributed by atoms with E-state index in [-0.39, 0.29) is 41.3 Å². The molecule has 1 heterocycles. The number of sulfonamides is 2. The van der Waals surface area contributed by atoms with Gasteiger partial charge in [-0.25, -0.2) is 16.8 Å². The fraction of sp³-hybridized carbons (Fsp3) is 0.500. The van der Waals surface area contributed by atoms with E-state index in [0.29, 0.717) is 18.7 Å². The molecule has 0 amide bonds. The van der Waals surface area contributed by atoms with Crippen molar-refractivity contribution in [1.29, 1.82) is 0 Å². The Kier molecular flexibility index (Phi) is 10.4. The summed E-state index contributed by atoms with van der Waals surface area (Å²) >= 11 is 0. The number of aromatic hydroxyl groups is 1. The summed E-state index contributed by atoms with van der Waals surface area (Å²) in [6, 6.07) is 9.54. The Hall–Kier alpha value is -2.91. The maximum Gasteiger partial charge on any atom is 0.321 e. The number of carboxylic acid groups (broad SMARTS) is 1. The molecule has 6 N–H and O–H groups in total. The number of aliphatic carboxylic acids is 1. The molecule has 0 bridgehead atoms. The summed E-state index contributed by atoms with van der Waals surface area (Å²) in [6.45, 7) is 5.30. The first kappa shape index (κ1) is 31.6. The van der Waals surface area contributed by atoms with Gasteiger partial charge in [0.15, 0.2) is 0 Å². The van der Waals surface area contributed by atoms with Crippen molar-refractivity contribution >= 4 is 37.4 Å². The highest BCUT2D eigenvalue weighted by Crippen LogP contribution is 2.28. The van der Waals surface area contributed by atoms with Crippen LogP contribution in [0, 0.1) is 5.92 Å². The van der Waals surface area contributed by atoms with E-state index in [1.807, 2.05) is 13.8 Å². The molecule has 1 aliphatic heterocycles. The molecule has 2 aromatic rings. The van der Waals surface area contributed by atoms with E-state index in [2.05, 4.69) is 19.7 Å². The Balaban J connectivity index is 1.53. The second-order valence-electron chi connectivity index (χ2n) is 10.5. The minimum absolute atomic E-state index is 0.000723. The monoisotopic (exact) mass is 598 g/mol. The number of carboxylic acids is 1. The van der Waals surface area contributed by atoms with Gasteiger partial charge in [-0.1, -0.05) is 19.9 Å². The fourth-order valence-corrected chi connectivity index (χ4v) is 6.31. The molecule has 0 aliphatic carbocycles. The Bertz CT molecular complexity index is 1370. The minimum Gasteiger partial charge on any atom is -0.506 e. The molecule has 0 radical (unpaired) electrons. The number of nitrogens with zero attached hydrogens (tertiary/aromatic N) is 1. The number of aliphatic hydroxyl groups is 1. The molecule has 12 nitrogen and oxygen atoms in total. The average molecular weight is 599 g/mol. The molecule has 40 heavy (non-hydrogen) atoms. The van der Waals surface area contributed by atoms with Gasteiger partial charge in [-0.15, -0.1) is 0 Å². The maximum absolute atomic E-state index is 12.7. The predicted octanol–water partition coefficient (Wildman–Crippen LogP) is 1.83. The number of benzene rings is 2. The van der Waals surface area contributed by atoms with E-state index >= 15 is 0 Å². The maximum atomic E-state index is 12.7. The highest BCUT2D eigenvalue weighted by Gasteiger charge is 2.27. The summed E-state index contributed by atoms with van der Waals surface area (Å²) in [4.78, 5) is 13.6. The van der Waals surface area contributed by atoms with E-state index in [4.69, 9.17) is 0 Å². The van der Waals surface area contributed by atoms with Crippen LogP contribution in [-0.2, 0) is 24.8 Å². The predicted molar refractivity (Wildman–Crippen MR) is 152 cm³/mol. The van der Waals surface area contributed by atoms with Gasteiger partial charge in [0, 0.05) is 31.4 Å². The van der Waals surface area contributed by atoms with Crippen LogP contribution in [0.1, 0.15) is 44.8 Å². The van der Waals surface area contributed by atoms with Crippen LogP contribution < -0.4 is 19.7 Å². The highest BCUT2D eigenvalue weighted by molar-refractivity contribution is 7.92. The summed E-state index contributed by atoms with van der Waals surface area (Å²) < 4.78 is 53.0. The SMILES string of the molecule is CC(C)C[C@H](NS(=O)(=O)c1ccc(N2CCC(NC[C@@H](O)c3ccc(O)c(NS(C)(=O)=O)c3)CC2)cc1)C(=O)O. The number of hydrogen-bond acceptors (Lipinski definition) is 9. The van der Waals surface area contributed by atoms with Gasteiger partial charge in [-0.3, -0.25) is 9.52 Å². The summed E-state index contributed by atoms with van der Waals surface area (Å²) in [5.74, 6) is -1.44. The highest BCUT2D eigenvalue weighted by atomic mass is 32.2. The quantitative estimate of drug-likeness (QED) is 0.186. The third kappa shape index (κ3) is 9.06. The second-order valence-corrected chi connectivity index (χ2v) is 13.9. The third-order valence-corrected chi connectivity index (χ3v) is 8.69. The van der Waals surface area contributed by atoms with Crippen LogP contribution in [0.5, 0.6) is 5.75 Å². The Morgan fingerprint density at radius 1 is 1.05 bits per heavy atom. The number of anilines is 2. The Morgan fingerprint density at radius 2 is 1.68 bits per heavy atom. The van der Waals surface area contributed by atoms with Crippen LogP contribution in [0.25, 0.3) is 0 Å². The number of phenolic OH excluding ortho intramolecular Hbond substituents is 1. The zero-order valence-electron chi connectivity index (χ0n) is 22.7. The summed E-state index contributed by atoms with van der Waals surface area (Å²) in [6.07, 6.45) is 1.80. The first-order chi connectivity index (χ1) is 18.6. The van der Waals surface area contributed by atoms with Gasteiger partial charge in [0.05, 0.1) is 22.9 Å². The lowest BCUT2D eigenvalue weighted by Crippen LogP contribution is -2.43. The molecule has 2 atom stereocenters. The lowest BCUT2D eigenvalue weighted by atomic mass is 10.0. The van der Waals surface area contributed by atoms with Crippen molar-refractivity contribution in [3.8, 4) is 5.75 Å². The molecule has 3 rings (SSSR count). The van der Waals surface area contributed by atoms with Crippen molar-refractivity contribution in [2.24, 2.45) is 5.92 Å². The number of aliphatic hydroxyl groups excluding tert-OH is 1. The molecule has 14 heteroatoms. The fourth-order valence-electron chi connectivity index (χ4n) is 4.54. The number of piperidine rings is 1. The molecule has 1 saturated heterocycles. The average Bonchev–Trinajstić information content (AvgIpc) is 2.87. The minimum atomic E-state index is -3.99. The smallest absolute Gasteiger partial charge is 0.321 e. The first-order valence-electron chi connectivity index (χ1n) is 13.0. The van der Waals surface area contributed by atoms with Crippen LogP contribution in [0.3, 0.4) is 0 Å². The Morgan fingerprint density at radius 3 is 2.23 bits per heavy atom. The lowest BCUT2D eigenvalue weighted by molar-refractivity contribution is -0.139. The number of phenols is 1. The number of nitrogens with one attached hydrogen (secondary N) is 3. The van der Waals surface area contributed by atoms with Gasteiger partial charge in [0.1, 0.15) is 11.8 Å². The van der Waals surface area contributed by atoms with E-state index in [0.717, 1.165) is 24.8 Å². The normalized spacial score (nSPS) is 16.6. The summed E-state index contributed by atoms with van der Waals surface area (Å²) in [5, 5.41) is 33.2. The molecule has 0 unspecified atom stereocenters. The zero-order valence-corrected chi connectivity index (χ0v) is 24.4. The molecule has 0 spiro atoms. The van der Waals surface area contributed by atoms with Crippen molar-refractivity contribution in [3.63, 3.8) is 0 Å². The van der Waals surface area contributed by atoms with Gasteiger partial charge < -0.3 is 25.5 Å². The zero-order chi connectivity index (χ0) is 29.7. The van der Waals surface area contributed by atoms with Crippen molar-refractivity contribution in [3.05, 3.63) is 48.0 Å². The van der Waals surface area contributed by atoms with E-state index in [1.54, 1.807) is 12.1 Å². The van der Waals surface area contributed by atoms with E-state index < -0.39 is 38.2 Å². The standard InChI is InChI=1S/C26H38N4O8S2/c1-17(2)14-23(26(33)34)29-40(37,38)21-7-5-20(6-8-21)30-12-10-19(11-13-30)27-16-25(32)18-4-9-24(31)22(15-18)28-39(3,35)36/h4-9,15,17,19,23,25,27-29,31-32H,10-14,16H2,1-3H3,(H,33,34)/t23-,25+/m0/s1. The molecule has 0 aromatic heterocycles. The molecular weight excluding hydrogens is 560 g/mol. The van der Waals surface area contributed by atoms with Gasteiger partial charge in [0.2, 0.25) is 20.0 Å². The van der Waals surface area contributed by atoms with Crippen molar-refractivity contribution in [2.75, 3.05) is 35.5 Å². The van der Waals surface area contributed by atoms with Gasteiger partial charge in [-0.05, 0) is 67.1 Å². The summed E-state index contributed by atoms with van der Waals surface area (Å²) in [7, 11) is -7.58. The van der Waals surface area contributed by atoms with Crippen LogP contribution in [-0.4, -0.2) is 76.1 Å². The van der Waals surface area contributed by atoms with Crippen molar-refractivity contribution in [1.82, 2.24) is 10.0 Å². The lowest BCUT2D eigenvalue weighted by Gasteiger charge is -2.34. The molecule has 1 fully saturated rings. The third-order valence-electron chi connectivity index (χ3n) is 6.61. The van der Waals surface area contributed by atoms with Crippen LogP contribution in [0.15, 0.2) is 47.4 Å². The van der Waals surface area contributed by atoms with E-state index in [9.17, 15) is 36.9 Å². The largest absolute Gasteiger partial charge is 0.506 e. The molecule has 2 aromatic carbocycles.